The van der Waals surface area contributed by atoms with Crippen molar-refractivity contribution in [3.63, 3.8) is 0 Å². The summed E-state index contributed by atoms with van der Waals surface area (Å²) in [6.45, 7) is 7.08. The van der Waals surface area contributed by atoms with Crippen LogP contribution in [0.5, 0.6) is 0 Å². The van der Waals surface area contributed by atoms with Crippen molar-refractivity contribution < 1.29 is 19.4 Å². The molecule has 0 aromatic heterocycles. The Morgan fingerprint density at radius 3 is 2.60 bits per heavy atom. The lowest BCUT2D eigenvalue weighted by Gasteiger charge is -2.32. The molecular weight excluding hydrogens is 258 g/mol. The molecule has 0 aromatic rings. The summed E-state index contributed by atoms with van der Waals surface area (Å²) < 4.78 is 5.19. The predicted molar refractivity (Wildman–Crippen MR) is 76.1 cm³/mol. The Hall–Kier alpha value is -1.10. The van der Waals surface area contributed by atoms with Crippen LogP contribution in [0, 0.1) is 5.92 Å². The molecule has 0 bridgehead atoms. The number of likely N-dealkylation sites (tertiary alicyclic amines) is 1. The molecule has 5 nitrogen and oxygen atoms in total. The molecule has 1 fully saturated rings. The number of piperidine rings is 1. The molecule has 1 unspecified atom stereocenters. The molecule has 1 rings (SSSR count). The number of ether oxygens (including phenoxy) is 1. The minimum absolute atomic E-state index is 0.0125. The lowest BCUT2D eigenvalue weighted by Crippen LogP contribution is -2.40. The molecule has 20 heavy (non-hydrogen) atoms. The summed E-state index contributed by atoms with van der Waals surface area (Å²) in [6.07, 6.45) is 3.13. The molecule has 1 amide bonds. The molecule has 1 aliphatic rings. The maximum absolute atomic E-state index is 12.1. The highest BCUT2D eigenvalue weighted by Gasteiger charge is 2.24. The monoisotopic (exact) mass is 285 g/mol. The van der Waals surface area contributed by atoms with Gasteiger partial charge in [0.05, 0.1) is 6.42 Å². The van der Waals surface area contributed by atoms with Crippen LogP contribution in [0.3, 0.4) is 0 Å². The Kier molecular flexibility index (Phi) is 6.46. The molecule has 0 radical (unpaired) electrons. The Balaban J connectivity index is 2.33. The third-order valence-electron chi connectivity index (χ3n) is 3.37. The van der Waals surface area contributed by atoms with E-state index in [-0.39, 0.29) is 31.3 Å². The second-order valence-electron chi connectivity index (χ2n) is 6.45. The van der Waals surface area contributed by atoms with Crippen LogP contribution in [0.25, 0.3) is 0 Å². The Bertz CT molecular complexity index is 333. The Labute approximate surface area is 121 Å². The van der Waals surface area contributed by atoms with Crippen molar-refractivity contribution >= 4 is 11.9 Å². The standard InChI is InChI=1S/C15H27NO4/c1-15(2,3)20-14(19)7-6-13(18)16-9-4-5-12(11-16)8-10-17/h12,17H,4-11H2,1-3H3. The van der Waals surface area contributed by atoms with Crippen molar-refractivity contribution in [2.24, 2.45) is 5.92 Å². The average Bonchev–Trinajstić information content (AvgIpc) is 2.34. The highest BCUT2D eigenvalue weighted by atomic mass is 16.6. The second kappa shape index (κ2) is 7.62. The van der Waals surface area contributed by atoms with Gasteiger partial charge in [-0.15, -0.1) is 0 Å². The Morgan fingerprint density at radius 1 is 1.30 bits per heavy atom. The number of aliphatic hydroxyl groups excluding tert-OH is 1. The normalized spacial score (nSPS) is 19.8. The molecule has 1 N–H and O–H groups in total. The van der Waals surface area contributed by atoms with Crippen molar-refractivity contribution in [1.29, 1.82) is 0 Å². The van der Waals surface area contributed by atoms with Gasteiger partial charge in [0.2, 0.25) is 5.91 Å². The zero-order valence-electron chi connectivity index (χ0n) is 12.9. The highest BCUT2D eigenvalue weighted by molar-refractivity contribution is 5.81. The lowest BCUT2D eigenvalue weighted by atomic mass is 9.95. The van der Waals surface area contributed by atoms with Gasteiger partial charge in [0.1, 0.15) is 5.60 Å². The van der Waals surface area contributed by atoms with Crippen molar-refractivity contribution in [1.82, 2.24) is 4.90 Å². The molecule has 0 aromatic carbocycles. The van der Waals surface area contributed by atoms with E-state index >= 15 is 0 Å². The number of hydrogen-bond donors (Lipinski definition) is 1. The lowest BCUT2D eigenvalue weighted by molar-refractivity contribution is -0.156. The van der Waals surface area contributed by atoms with Crippen molar-refractivity contribution in [3.8, 4) is 0 Å². The first-order valence-electron chi connectivity index (χ1n) is 7.42. The summed E-state index contributed by atoms with van der Waals surface area (Å²) >= 11 is 0. The fourth-order valence-corrected chi connectivity index (χ4v) is 2.47. The smallest absolute Gasteiger partial charge is 0.306 e. The van der Waals surface area contributed by atoms with Crippen LogP contribution in [-0.2, 0) is 14.3 Å². The number of nitrogens with zero attached hydrogens (tertiary/aromatic N) is 1. The molecule has 116 valence electrons. The van der Waals surface area contributed by atoms with E-state index in [0.717, 1.165) is 25.8 Å². The zero-order chi connectivity index (χ0) is 15.2. The maximum atomic E-state index is 12.1. The third kappa shape index (κ3) is 6.37. The van der Waals surface area contributed by atoms with Gasteiger partial charge < -0.3 is 14.7 Å². The van der Waals surface area contributed by atoms with E-state index in [1.807, 2.05) is 25.7 Å². The van der Waals surface area contributed by atoms with Crippen molar-refractivity contribution in [2.45, 2.75) is 58.5 Å². The van der Waals surface area contributed by atoms with Crippen molar-refractivity contribution in [2.75, 3.05) is 19.7 Å². The fraction of sp³-hybridized carbons (Fsp3) is 0.867. The Morgan fingerprint density at radius 2 is 2.00 bits per heavy atom. The van der Waals surface area contributed by atoms with E-state index in [0.29, 0.717) is 12.5 Å². The van der Waals surface area contributed by atoms with E-state index in [1.165, 1.54) is 0 Å². The predicted octanol–water partition coefficient (Wildman–Crippen LogP) is 1.73. The first-order chi connectivity index (χ1) is 9.31. The number of carbonyl (C=O) groups is 2. The van der Waals surface area contributed by atoms with E-state index in [4.69, 9.17) is 9.84 Å². The minimum atomic E-state index is -0.503. The van der Waals surface area contributed by atoms with Crippen LogP contribution in [0.2, 0.25) is 0 Å². The third-order valence-corrected chi connectivity index (χ3v) is 3.37. The largest absolute Gasteiger partial charge is 0.460 e. The number of hydrogen-bond acceptors (Lipinski definition) is 4. The van der Waals surface area contributed by atoms with Crippen LogP contribution in [-0.4, -0.2) is 47.2 Å². The molecule has 0 aliphatic carbocycles. The molecule has 0 spiro atoms. The van der Waals surface area contributed by atoms with Gasteiger partial charge in [-0.3, -0.25) is 9.59 Å². The van der Waals surface area contributed by atoms with Gasteiger partial charge in [-0.25, -0.2) is 0 Å². The van der Waals surface area contributed by atoms with Gasteiger partial charge in [0, 0.05) is 26.1 Å². The summed E-state index contributed by atoms with van der Waals surface area (Å²) in [5, 5.41) is 8.96. The molecule has 1 atom stereocenters. The van der Waals surface area contributed by atoms with Gasteiger partial charge in [0.15, 0.2) is 0 Å². The number of amides is 1. The van der Waals surface area contributed by atoms with Gasteiger partial charge in [-0.1, -0.05) is 0 Å². The summed E-state index contributed by atoms with van der Waals surface area (Å²) in [5.41, 5.74) is -0.503. The topological polar surface area (TPSA) is 66.8 Å². The molecule has 5 heteroatoms. The van der Waals surface area contributed by atoms with Crippen molar-refractivity contribution in [3.05, 3.63) is 0 Å². The molecule has 1 saturated heterocycles. The molecule has 1 heterocycles. The van der Waals surface area contributed by atoms with Crippen LogP contribution >= 0.6 is 0 Å². The van der Waals surface area contributed by atoms with E-state index in [9.17, 15) is 9.59 Å². The molecule has 0 saturated carbocycles. The van der Waals surface area contributed by atoms with Crippen LogP contribution in [0.15, 0.2) is 0 Å². The number of esters is 1. The summed E-state index contributed by atoms with van der Waals surface area (Å²) in [7, 11) is 0. The number of aliphatic hydroxyl groups is 1. The summed E-state index contributed by atoms with van der Waals surface area (Å²) in [4.78, 5) is 25.5. The summed E-state index contributed by atoms with van der Waals surface area (Å²) in [6, 6.07) is 0. The van der Waals surface area contributed by atoms with Crippen LogP contribution in [0.1, 0.15) is 52.9 Å². The van der Waals surface area contributed by atoms with Gasteiger partial charge in [-0.2, -0.15) is 0 Å². The SMILES string of the molecule is CC(C)(C)OC(=O)CCC(=O)N1CCCC(CCO)C1. The van der Waals surface area contributed by atoms with Gasteiger partial charge in [-0.05, 0) is 46.0 Å². The van der Waals surface area contributed by atoms with Gasteiger partial charge in [0.25, 0.3) is 0 Å². The van der Waals surface area contributed by atoms with Crippen LogP contribution < -0.4 is 0 Å². The minimum Gasteiger partial charge on any atom is -0.460 e. The zero-order valence-corrected chi connectivity index (χ0v) is 12.9. The van der Waals surface area contributed by atoms with Gasteiger partial charge >= 0.3 is 5.97 Å². The molecular formula is C15H27NO4. The highest BCUT2D eigenvalue weighted by Crippen LogP contribution is 2.20. The number of carbonyl (C=O) groups excluding carboxylic acids is 2. The molecule has 1 aliphatic heterocycles. The second-order valence-corrected chi connectivity index (χ2v) is 6.45. The number of rotatable bonds is 5. The maximum Gasteiger partial charge on any atom is 0.306 e. The van der Waals surface area contributed by atoms with E-state index in [1.54, 1.807) is 0 Å². The summed E-state index contributed by atoms with van der Waals surface area (Å²) in [5.74, 6) is 0.0764. The fourth-order valence-electron chi connectivity index (χ4n) is 2.47. The first kappa shape index (κ1) is 17.0. The average molecular weight is 285 g/mol. The quantitative estimate of drug-likeness (QED) is 0.781. The van der Waals surface area contributed by atoms with E-state index in [2.05, 4.69) is 0 Å². The van der Waals surface area contributed by atoms with E-state index < -0.39 is 5.60 Å². The van der Waals surface area contributed by atoms with Crippen LogP contribution in [0.4, 0.5) is 0 Å². The first-order valence-corrected chi connectivity index (χ1v) is 7.42.